The lowest BCUT2D eigenvalue weighted by molar-refractivity contribution is -0.115. The van der Waals surface area contributed by atoms with E-state index in [1.165, 1.54) is 0 Å². The van der Waals surface area contributed by atoms with Crippen LogP contribution in [-0.4, -0.2) is 30.1 Å². The molecule has 0 aromatic carbocycles. The molecule has 0 radical (unpaired) electrons. The molecule has 0 amide bonds. The summed E-state index contributed by atoms with van der Waals surface area (Å²) in [5.41, 5.74) is 0.802. The van der Waals surface area contributed by atoms with Crippen molar-refractivity contribution in [3.8, 4) is 0 Å². The van der Waals surface area contributed by atoms with E-state index < -0.39 is 0 Å². The molecule has 1 atom stereocenters. The lowest BCUT2D eigenvalue weighted by Crippen LogP contribution is -2.38. The third kappa shape index (κ3) is 5.09. The van der Waals surface area contributed by atoms with Crippen molar-refractivity contribution in [2.75, 3.05) is 13.2 Å². The molecule has 88 valence electrons. The fourth-order valence-electron chi connectivity index (χ4n) is 1.34. The fourth-order valence-corrected chi connectivity index (χ4v) is 1.34. The Hall–Kier alpha value is -0.670. The minimum Gasteiger partial charge on any atom is -0.395 e. The molecule has 0 saturated carbocycles. The standard InChI is InChI=1S/C12H23NO2/c1-5-10(12(15)6-2)7-13-11(8-14)9(3)4/h5,9,11,13-14H,6-8H2,1-4H3/b10-5-. The number of aliphatic hydroxyl groups is 1. The number of hydrogen-bond acceptors (Lipinski definition) is 3. The van der Waals surface area contributed by atoms with Crippen LogP contribution < -0.4 is 5.32 Å². The highest BCUT2D eigenvalue weighted by Crippen LogP contribution is 2.03. The van der Waals surface area contributed by atoms with E-state index in [0.717, 1.165) is 5.57 Å². The Labute approximate surface area is 92.6 Å². The highest BCUT2D eigenvalue weighted by Gasteiger charge is 2.13. The lowest BCUT2D eigenvalue weighted by atomic mass is 10.0. The van der Waals surface area contributed by atoms with E-state index in [1.807, 2.05) is 33.8 Å². The topological polar surface area (TPSA) is 49.3 Å². The highest BCUT2D eigenvalue weighted by molar-refractivity contribution is 5.95. The van der Waals surface area contributed by atoms with Crippen molar-refractivity contribution in [1.82, 2.24) is 5.32 Å². The maximum atomic E-state index is 11.4. The Morgan fingerprint density at radius 1 is 1.47 bits per heavy atom. The molecule has 3 nitrogen and oxygen atoms in total. The molecular formula is C12H23NO2. The lowest BCUT2D eigenvalue weighted by Gasteiger charge is -2.20. The second-order valence-electron chi connectivity index (χ2n) is 4.00. The SMILES string of the molecule is C/C=C(/CNC(CO)C(C)C)C(=O)CC. The predicted octanol–water partition coefficient (Wildman–Crippen LogP) is 1.52. The molecule has 1 unspecified atom stereocenters. The third-order valence-corrected chi connectivity index (χ3v) is 2.58. The van der Waals surface area contributed by atoms with Crippen molar-refractivity contribution in [2.24, 2.45) is 5.92 Å². The van der Waals surface area contributed by atoms with Crippen LogP contribution in [0, 0.1) is 5.92 Å². The van der Waals surface area contributed by atoms with Gasteiger partial charge in [0.1, 0.15) is 0 Å². The van der Waals surface area contributed by atoms with Crippen LogP contribution in [0.2, 0.25) is 0 Å². The average molecular weight is 213 g/mol. The molecule has 0 aliphatic rings. The first-order valence-electron chi connectivity index (χ1n) is 5.59. The molecule has 0 aliphatic heterocycles. The monoisotopic (exact) mass is 213 g/mol. The van der Waals surface area contributed by atoms with Gasteiger partial charge in [-0.15, -0.1) is 0 Å². The Bertz CT molecular complexity index is 222. The number of aliphatic hydroxyl groups excluding tert-OH is 1. The van der Waals surface area contributed by atoms with Crippen LogP contribution in [0.15, 0.2) is 11.6 Å². The zero-order valence-electron chi connectivity index (χ0n) is 10.2. The molecule has 3 heteroatoms. The Kier molecular flexibility index (Phi) is 7.26. The summed E-state index contributed by atoms with van der Waals surface area (Å²) in [6.45, 7) is 8.48. The van der Waals surface area contributed by atoms with Gasteiger partial charge in [-0.05, 0) is 12.8 Å². The first-order chi connectivity index (χ1) is 7.06. The normalized spacial score (nSPS) is 14.4. The zero-order chi connectivity index (χ0) is 11.8. The van der Waals surface area contributed by atoms with Gasteiger partial charge in [0.05, 0.1) is 6.61 Å². The van der Waals surface area contributed by atoms with Crippen molar-refractivity contribution in [3.05, 3.63) is 11.6 Å². The van der Waals surface area contributed by atoms with Crippen LogP contribution in [-0.2, 0) is 4.79 Å². The first kappa shape index (κ1) is 14.3. The third-order valence-electron chi connectivity index (χ3n) is 2.58. The molecule has 0 spiro atoms. The molecule has 0 bridgehead atoms. The molecule has 15 heavy (non-hydrogen) atoms. The van der Waals surface area contributed by atoms with Gasteiger partial charge in [-0.25, -0.2) is 0 Å². The Balaban J connectivity index is 4.17. The molecule has 0 aliphatic carbocycles. The van der Waals surface area contributed by atoms with E-state index in [1.54, 1.807) is 0 Å². The molecule has 0 aromatic rings. The van der Waals surface area contributed by atoms with Crippen molar-refractivity contribution >= 4 is 5.78 Å². The molecule has 0 fully saturated rings. The number of allylic oxidation sites excluding steroid dienone is 1. The van der Waals surface area contributed by atoms with Crippen molar-refractivity contribution in [1.29, 1.82) is 0 Å². The van der Waals surface area contributed by atoms with E-state index in [0.29, 0.717) is 18.9 Å². The molecule has 0 heterocycles. The van der Waals surface area contributed by atoms with Gasteiger partial charge < -0.3 is 10.4 Å². The van der Waals surface area contributed by atoms with Gasteiger partial charge in [0.2, 0.25) is 0 Å². The van der Waals surface area contributed by atoms with Crippen molar-refractivity contribution < 1.29 is 9.90 Å². The summed E-state index contributed by atoms with van der Waals surface area (Å²) >= 11 is 0. The summed E-state index contributed by atoms with van der Waals surface area (Å²) in [6, 6.07) is 0.0598. The molecule has 2 N–H and O–H groups in total. The van der Waals surface area contributed by atoms with Crippen LogP contribution in [0.5, 0.6) is 0 Å². The Morgan fingerprint density at radius 2 is 2.07 bits per heavy atom. The predicted molar refractivity (Wildman–Crippen MR) is 62.8 cm³/mol. The molecular weight excluding hydrogens is 190 g/mol. The van der Waals surface area contributed by atoms with E-state index in [9.17, 15) is 4.79 Å². The summed E-state index contributed by atoms with van der Waals surface area (Å²) in [7, 11) is 0. The minimum atomic E-state index is 0.0598. The number of carbonyl (C=O) groups excluding carboxylic acids is 1. The van der Waals surface area contributed by atoms with Gasteiger partial charge in [0.25, 0.3) is 0 Å². The van der Waals surface area contributed by atoms with Gasteiger partial charge in [0.15, 0.2) is 5.78 Å². The summed E-state index contributed by atoms with van der Waals surface area (Å²) < 4.78 is 0. The molecule has 0 saturated heterocycles. The van der Waals surface area contributed by atoms with Gasteiger partial charge in [-0.2, -0.15) is 0 Å². The van der Waals surface area contributed by atoms with E-state index >= 15 is 0 Å². The van der Waals surface area contributed by atoms with Crippen LogP contribution in [0.4, 0.5) is 0 Å². The smallest absolute Gasteiger partial charge is 0.159 e. The number of nitrogens with one attached hydrogen (secondary N) is 1. The van der Waals surface area contributed by atoms with E-state index in [4.69, 9.17) is 5.11 Å². The second kappa shape index (κ2) is 7.60. The average Bonchev–Trinajstić information content (AvgIpc) is 2.23. The number of carbonyl (C=O) groups is 1. The van der Waals surface area contributed by atoms with Crippen molar-refractivity contribution in [3.63, 3.8) is 0 Å². The van der Waals surface area contributed by atoms with Gasteiger partial charge in [0, 0.05) is 24.6 Å². The second-order valence-corrected chi connectivity index (χ2v) is 4.00. The molecule has 0 rings (SSSR count). The summed E-state index contributed by atoms with van der Waals surface area (Å²) in [5, 5.41) is 12.3. The van der Waals surface area contributed by atoms with Crippen LogP contribution in [0.25, 0.3) is 0 Å². The number of ketones is 1. The van der Waals surface area contributed by atoms with Crippen LogP contribution in [0.1, 0.15) is 34.1 Å². The maximum Gasteiger partial charge on any atom is 0.159 e. The van der Waals surface area contributed by atoms with E-state index in [2.05, 4.69) is 5.32 Å². The van der Waals surface area contributed by atoms with Gasteiger partial charge >= 0.3 is 0 Å². The summed E-state index contributed by atoms with van der Waals surface area (Å²) in [5.74, 6) is 0.537. The Morgan fingerprint density at radius 3 is 2.40 bits per heavy atom. The highest BCUT2D eigenvalue weighted by atomic mass is 16.3. The zero-order valence-corrected chi connectivity index (χ0v) is 10.2. The minimum absolute atomic E-state index is 0.0598. The van der Waals surface area contributed by atoms with Gasteiger partial charge in [-0.3, -0.25) is 4.79 Å². The number of hydrogen-bond donors (Lipinski definition) is 2. The van der Waals surface area contributed by atoms with E-state index in [-0.39, 0.29) is 18.4 Å². The first-order valence-corrected chi connectivity index (χ1v) is 5.59. The largest absolute Gasteiger partial charge is 0.395 e. The fraction of sp³-hybridized carbons (Fsp3) is 0.750. The molecule has 0 aromatic heterocycles. The van der Waals surface area contributed by atoms with Crippen LogP contribution in [0.3, 0.4) is 0 Å². The van der Waals surface area contributed by atoms with Gasteiger partial charge in [-0.1, -0.05) is 26.8 Å². The summed E-state index contributed by atoms with van der Waals surface area (Å²) in [4.78, 5) is 11.4. The van der Waals surface area contributed by atoms with Crippen molar-refractivity contribution in [2.45, 2.75) is 40.2 Å². The summed E-state index contributed by atoms with van der Waals surface area (Å²) in [6.07, 6.45) is 2.38. The number of Topliss-reactive ketones (excluding diaryl/α,β-unsaturated/α-hetero) is 1. The van der Waals surface area contributed by atoms with Crippen LogP contribution >= 0.6 is 0 Å². The quantitative estimate of drug-likeness (QED) is 0.630. The maximum absolute atomic E-state index is 11.4. The number of rotatable bonds is 7.